The van der Waals surface area contributed by atoms with E-state index in [1.54, 1.807) is 31.2 Å². The monoisotopic (exact) mass is 429 g/mol. The standard InChI is InChI=1S/C24H20FN5O2/c1-14-9-15(5-7-19(14)25)12-27-23(31)21-10-22(29-13-28-21)24(32)30-20-8-6-17-16(11-26)3-2-4-18(17)20/h2-5,7,9-10,13,20H,6,8,12H2,1H3,(H,27,31)(H,30,32). The average Bonchev–Trinajstić information content (AvgIpc) is 3.22. The summed E-state index contributed by atoms with van der Waals surface area (Å²) in [5.74, 6) is -1.19. The van der Waals surface area contributed by atoms with Gasteiger partial charge >= 0.3 is 0 Å². The Morgan fingerprint density at radius 1 is 1.16 bits per heavy atom. The van der Waals surface area contributed by atoms with E-state index in [-0.39, 0.29) is 29.8 Å². The molecule has 0 saturated carbocycles. The third-order valence-corrected chi connectivity index (χ3v) is 5.50. The topological polar surface area (TPSA) is 108 Å². The van der Waals surface area contributed by atoms with Gasteiger partial charge in [0.25, 0.3) is 11.8 Å². The number of nitrogens with one attached hydrogen (secondary N) is 2. The second-order valence-corrected chi connectivity index (χ2v) is 7.60. The van der Waals surface area contributed by atoms with Crippen LogP contribution in [0.15, 0.2) is 48.8 Å². The first-order valence-electron chi connectivity index (χ1n) is 10.1. The van der Waals surface area contributed by atoms with Gasteiger partial charge in [-0.1, -0.05) is 24.3 Å². The molecule has 2 amide bonds. The summed E-state index contributed by atoms with van der Waals surface area (Å²) in [6.45, 7) is 1.85. The molecule has 0 saturated heterocycles. The van der Waals surface area contributed by atoms with Gasteiger partial charge in [0.05, 0.1) is 17.7 Å². The van der Waals surface area contributed by atoms with Crippen LogP contribution < -0.4 is 10.6 Å². The number of nitrogens with zero attached hydrogens (tertiary/aromatic N) is 3. The lowest BCUT2D eigenvalue weighted by molar-refractivity contribution is 0.0931. The SMILES string of the molecule is Cc1cc(CNC(=O)c2cc(C(=O)NC3CCc4c(C#N)cccc43)ncn2)ccc1F. The molecular formula is C24H20FN5O2. The van der Waals surface area contributed by atoms with Crippen molar-refractivity contribution in [3.63, 3.8) is 0 Å². The highest BCUT2D eigenvalue weighted by Gasteiger charge is 2.26. The summed E-state index contributed by atoms with van der Waals surface area (Å²) in [7, 11) is 0. The van der Waals surface area contributed by atoms with Crippen LogP contribution in [0.1, 0.15) is 61.3 Å². The Morgan fingerprint density at radius 2 is 1.94 bits per heavy atom. The number of fused-ring (bicyclic) bond motifs is 1. The molecule has 1 aliphatic rings. The number of amides is 2. The number of nitriles is 1. The molecule has 1 atom stereocenters. The minimum Gasteiger partial charge on any atom is -0.347 e. The molecule has 1 aromatic heterocycles. The highest BCUT2D eigenvalue weighted by molar-refractivity contribution is 5.97. The Bertz CT molecular complexity index is 1250. The van der Waals surface area contributed by atoms with E-state index in [4.69, 9.17) is 0 Å². The predicted molar refractivity (Wildman–Crippen MR) is 114 cm³/mol. The molecule has 1 aliphatic carbocycles. The van der Waals surface area contributed by atoms with Gasteiger partial charge in [-0.3, -0.25) is 9.59 Å². The lowest BCUT2D eigenvalue weighted by Crippen LogP contribution is -2.29. The van der Waals surface area contributed by atoms with Gasteiger partial charge in [-0.25, -0.2) is 14.4 Å². The summed E-state index contributed by atoms with van der Waals surface area (Å²) in [5.41, 5.74) is 3.89. The fourth-order valence-electron chi connectivity index (χ4n) is 3.84. The van der Waals surface area contributed by atoms with Gasteiger partial charge in [0.15, 0.2) is 0 Å². The lowest BCUT2D eigenvalue weighted by Gasteiger charge is -2.14. The quantitative estimate of drug-likeness (QED) is 0.648. The highest BCUT2D eigenvalue weighted by atomic mass is 19.1. The van der Waals surface area contributed by atoms with Crippen molar-refractivity contribution in [2.75, 3.05) is 0 Å². The molecule has 1 heterocycles. The van der Waals surface area contributed by atoms with Crippen LogP contribution in [-0.4, -0.2) is 21.8 Å². The first-order valence-corrected chi connectivity index (χ1v) is 10.1. The zero-order chi connectivity index (χ0) is 22.7. The van der Waals surface area contributed by atoms with Crippen molar-refractivity contribution in [2.24, 2.45) is 0 Å². The van der Waals surface area contributed by atoms with Crippen molar-refractivity contribution < 1.29 is 14.0 Å². The minimum atomic E-state index is -0.465. The average molecular weight is 429 g/mol. The minimum absolute atomic E-state index is 0.0579. The van der Waals surface area contributed by atoms with Crippen LogP contribution in [0.3, 0.4) is 0 Å². The van der Waals surface area contributed by atoms with Gasteiger partial charge in [-0.05, 0) is 54.2 Å². The molecule has 160 valence electrons. The van der Waals surface area contributed by atoms with E-state index in [1.807, 2.05) is 6.07 Å². The van der Waals surface area contributed by atoms with E-state index in [9.17, 15) is 19.2 Å². The largest absolute Gasteiger partial charge is 0.347 e. The molecule has 0 aliphatic heterocycles. The maximum Gasteiger partial charge on any atom is 0.270 e. The molecule has 4 rings (SSSR count). The third-order valence-electron chi connectivity index (χ3n) is 5.50. The molecule has 0 bridgehead atoms. The third kappa shape index (κ3) is 4.32. The fourth-order valence-corrected chi connectivity index (χ4v) is 3.84. The predicted octanol–water partition coefficient (Wildman–Crippen LogP) is 3.14. The number of aromatic nitrogens is 2. The van der Waals surface area contributed by atoms with Crippen LogP contribution in [0.5, 0.6) is 0 Å². The van der Waals surface area contributed by atoms with Crippen LogP contribution in [0, 0.1) is 24.1 Å². The van der Waals surface area contributed by atoms with Gasteiger partial charge in [-0.2, -0.15) is 5.26 Å². The van der Waals surface area contributed by atoms with Crippen molar-refractivity contribution >= 4 is 11.8 Å². The van der Waals surface area contributed by atoms with Crippen LogP contribution in [0.2, 0.25) is 0 Å². The number of carbonyl (C=O) groups is 2. The Hall–Kier alpha value is -4.12. The number of hydrogen-bond donors (Lipinski definition) is 2. The van der Waals surface area contributed by atoms with Crippen LogP contribution in [0.4, 0.5) is 4.39 Å². The van der Waals surface area contributed by atoms with E-state index >= 15 is 0 Å². The number of rotatable bonds is 5. The van der Waals surface area contributed by atoms with Gasteiger partial charge < -0.3 is 10.6 Å². The summed E-state index contributed by atoms with van der Waals surface area (Å²) < 4.78 is 13.4. The smallest absolute Gasteiger partial charge is 0.270 e. The maximum absolute atomic E-state index is 13.4. The second-order valence-electron chi connectivity index (χ2n) is 7.60. The summed E-state index contributed by atoms with van der Waals surface area (Å²) in [6, 6.07) is 13.4. The molecule has 32 heavy (non-hydrogen) atoms. The zero-order valence-corrected chi connectivity index (χ0v) is 17.4. The van der Waals surface area contributed by atoms with Crippen molar-refractivity contribution in [3.05, 3.63) is 93.8 Å². The molecule has 1 unspecified atom stereocenters. The molecular weight excluding hydrogens is 409 g/mol. The van der Waals surface area contributed by atoms with Gasteiger partial charge in [0, 0.05) is 12.6 Å². The molecule has 2 aromatic carbocycles. The van der Waals surface area contributed by atoms with Crippen molar-refractivity contribution in [2.45, 2.75) is 32.4 Å². The van der Waals surface area contributed by atoms with Gasteiger partial charge in [0.1, 0.15) is 23.5 Å². The van der Waals surface area contributed by atoms with Crippen LogP contribution in [-0.2, 0) is 13.0 Å². The molecule has 0 radical (unpaired) electrons. The Morgan fingerprint density at radius 3 is 2.69 bits per heavy atom. The molecule has 8 heteroatoms. The molecule has 0 fully saturated rings. The first-order chi connectivity index (χ1) is 15.5. The van der Waals surface area contributed by atoms with Crippen LogP contribution >= 0.6 is 0 Å². The number of aryl methyl sites for hydroxylation is 1. The van der Waals surface area contributed by atoms with E-state index in [2.05, 4.69) is 26.7 Å². The molecule has 3 aromatic rings. The summed E-state index contributed by atoms with van der Waals surface area (Å²) in [5, 5.41) is 14.9. The molecule has 0 spiro atoms. The molecule has 2 N–H and O–H groups in total. The first kappa shape index (κ1) is 21.1. The Balaban J connectivity index is 1.43. The van der Waals surface area contributed by atoms with E-state index in [0.717, 1.165) is 16.7 Å². The van der Waals surface area contributed by atoms with E-state index in [1.165, 1.54) is 18.5 Å². The molecule has 7 nitrogen and oxygen atoms in total. The summed E-state index contributed by atoms with van der Waals surface area (Å²) in [4.78, 5) is 33.2. The summed E-state index contributed by atoms with van der Waals surface area (Å²) in [6.07, 6.45) is 2.57. The van der Waals surface area contributed by atoms with Gasteiger partial charge in [0.2, 0.25) is 0 Å². The number of carbonyl (C=O) groups excluding carboxylic acids is 2. The Kier molecular flexibility index (Phi) is 5.90. The number of hydrogen-bond acceptors (Lipinski definition) is 5. The second kappa shape index (κ2) is 8.94. The van der Waals surface area contributed by atoms with E-state index < -0.39 is 11.8 Å². The fraction of sp³-hybridized carbons (Fsp3) is 0.208. The summed E-state index contributed by atoms with van der Waals surface area (Å²) >= 11 is 0. The Labute approximate surface area is 184 Å². The normalized spacial score (nSPS) is 14.3. The van der Waals surface area contributed by atoms with Crippen LogP contribution in [0.25, 0.3) is 0 Å². The van der Waals surface area contributed by atoms with Crippen molar-refractivity contribution in [1.29, 1.82) is 5.26 Å². The van der Waals surface area contributed by atoms with Gasteiger partial charge in [-0.15, -0.1) is 0 Å². The lowest BCUT2D eigenvalue weighted by atomic mass is 10.0. The maximum atomic E-state index is 13.4. The van der Waals surface area contributed by atoms with E-state index in [0.29, 0.717) is 24.0 Å². The number of benzene rings is 2. The zero-order valence-electron chi connectivity index (χ0n) is 17.4. The van der Waals surface area contributed by atoms with Crippen molar-refractivity contribution in [3.8, 4) is 6.07 Å². The highest BCUT2D eigenvalue weighted by Crippen LogP contribution is 2.33. The number of halogens is 1. The van der Waals surface area contributed by atoms with Crippen molar-refractivity contribution in [1.82, 2.24) is 20.6 Å².